The second-order valence-corrected chi connectivity index (χ2v) is 10.0. The quantitative estimate of drug-likeness (QED) is 0.191. The molecule has 0 saturated carbocycles. The molecule has 4 aromatic rings. The van der Waals surface area contributed by atoms with Crippen LogP contribution in [-0.2, 0) is 27.3 Å². The highest BCUT2D eigenvalue weighted by Crippen LogP contribution is 2.20. The summed E-state index contributed by atoms with van der Waals surface area (Å²) in [5.41, 5.74) is 10.2. The van der Waals surface area contributed by atoms with Gasteiger partial charge in [0.2, 0.25) is 11.8 Å². The fourth-order valence-electron chi connectivity index (χ4n) is 4.82. The van der Waals surface area contributed by atoms with E-state index in [1.807, 2.05) is 35.4 Å². The first kappa shape index (κ1) is 27.9. The summed E-state index contributed by atoms with van der Waals surface area (Å²) < 4.78 is 5.37. The van der Waals surface area contributed by atoms with E-state index in [0.29, 0.717) is 49.7 Å². The zero-order valence-corrected chi connectivity index (χ0v) is 22.7. The molecule has 0 spiro atoms. The molecular weight excluding hydrogens is 520 g/mol. The van der Waals surface area contributed by atoms with Crippen LogP contribution in [0.4, 0.5) is 11.4 Å². The lowest BCUT2D eigenvalue weighted by Crippen LogP contribution is -2.51. The van der Waals surface area contributed by atoms with Gasteiger partial charge in [-0.05, 0) is 41.5 Å². The number of anilines is 2. The Hall–Kier alpha value is -4.67. The predicted octanol–water partition coefficient (Wildman–Crippen LogP) is 2.68. The van der Waals surface area contributed by atoms with Crippen LogP contribution in [0.2, 0.25) is 0 Å². The first-order valence-corrected chi connectivity index (χ1v) is 13.6. The van der Waals surface area contributed by atoms with Crippen LogP contribution in [0.3, 0.4) is 0 Å². The van der Waals surface area contributed by atoms with Gasteiger partial charge in [-0.2, -0.15) is 0 Å². The molecule has 0 radical (unpaired) electrons. The molecule has 1 aromatic heterocycles. The summed E-state index contributed by atoms with van der Waals surface area (Å²) in [4.78, 5) is 44.2. The average molecular weight is 555 g/mol. The van der Waals surface area contributed by atoms with Crippen LogP contribution in [0.1, 0.15) is 21.5 Å². The largest absolute Gasteiger partial charge is 0.397 e. The Labute approximate surface area is 238 Å². The number of aromatic nitrogens is 1. The van der Waals surface area contributed by atoms with E-state index in [0.717, 1.165) is 22.0 Å². The summed E-state index contributed by atoms with van der Waals surface area (Å²) in [6.45, 7) is 2.99. The highest BCUT2D eigenvalue weighted by molar-refractivity contribution is 6.05. The van der Waals surface area contributed by atoms with Crippen molar-refractivity contribution in [2.75, 3.05) is 43.9 Å². The van der Waals surface area contributed by atoms with Crippen LogP contribution in [0.15, 0.2) is 79.0 Å². The molecule has 1 aliphatic heterocycles. The molecule has 6 N–H and O–H groups in total. The van der Waals surface area contributed by atoms with E-state index in [9.17, 15) is 14.4 Å². The van der Waals surface area contributed by atoms with Crippen LogP contribution in [-0.4, -0.2) is 66.5 Å². The van der Waals surface area contributed by atoms with Gasteiger partial charge >= 0.3 is 0 Å². The molecule has 1 atom stereocenters. The van der Waals surface area contributed by atoms with Crippen LogP contribution in [0.5, 0.6) is 0 Å². The predicted molar refractivity (Wildman–Crippen MR) is 158 cm³/mol. The molecule has 2 heterocycles. The summed E-state index contributed by atoms with van der Waals surface area (Å²) >= 11 is 0. The van der Waals surface area contributed by atoms with Crippen LogP contribution < -0.4 is 21.7 Å². The van der Waals surface area contributed by atoms with Crippen LogP contribution >= 0.6 is 0 Å². The van der Waals surface area contributed by atoms with Crippen LogP contribution in [0, 0.1) is 0 Å². The van der Waals surface area contributed by atoms with Gasteiger partial charge in [0.25, 0.3) is 5.91 Å². The molecule has 1 saturated heterocycles. The zero-order valence-electron chi connectivity index (χ0n) is 22.7. The van der Waals surface area contributed by atoms with Crippen molar-refractivity contribution >= 4 is 40.0 Å². The van der Waals surface area contributed by atoms with Crippen molar-refractivity contribution in [1.29, 1.82) is 0 Å². The van der Waals surface area contributed by atoms with Gasteiger partial charge in [-0.15, -0.1) is 0 Å². The number of ether oxygens (including phenoxy) is 1. The Kier molecular flexibility index (Phi) is 8.92. The Balaban J connectivity index is 1.22. The number of amides is 3. The summed E-state index contributed by atoms with van der Waals surface area (Å²) in [5, 5.41) is 9.71. The Bertz CT molecular complexity index is 1510. The molecule has 10 nitrogen and oxygen atoms in total. The molecule has 41 heavy (non-hydrogen) atoms. The number of fused-ring (bicyclic) bond motifs is 1. The Morgan fingerprint density at radius 3 is 2.46 bits per heavy atom. The number of carbonyl (C=O) groups excluding carboxylic acids is 3. The summed E-state index contributed by atoms with van der Waals surface area (Å²) in [5.74, 6) is -0.770. The minimum atomic E-state index is -0.760. The number of nitrogens with one attached hydrogen (secondary N) is 4. The van der Waals surface area contributed by atoms with E-state index in [-0.39, 0.29) is 30.8 Å². The Morgan fingerprint density at radius 2 is 1.68 bits per heavy atom. The number of hydrogen-bond donors (Lipinski definition) is 5. The summed E-state index contributed by atoms with van der Waals surface area (Å²) in [7, 11) is 0. The third-order valence-electron chi connectivity index (χ3n) is 7.11. The maximum atomic E-state index is 13.4. The van der Waals surface area contributed by atoms with Crippen molar-refractivity contribution < 1.29 is 19.1 Å². The fraction of sp³-hybridized carbons (Fsp3) is 0.258. The highest BCUT2D eigenvalue weighted by Gasteiger charge is 2.24. The SMILES string of the molecule is Nc1ccccc1NC(=O)c1ccc(CNC(=O)[C@H](Cc2c[nH]c3ccccc23)NC(=O)CN2CCOCC2)cc1. The number of hydrogen-bond acceptors (Lipinski definition) is 6. The van der Waals surface area contributed by atoms with E-state index >= 15 is 0 Å². The van der Waals surface area contributed by atoms with E-state index in [1.54, 1.807) is 48.5 Å². The summed E-state index contributed by atoms with van der Waals surface area (Å²) in [6.07, 6.45) is 2.22. The van der Waals surface area contributed by atoms with Crippen LogP contribution in [0.25, 0.3) is 10.9 Å². The zero-order chi connectivity index (χ0) is 28.6. The monoisotopic (exact) mass is 554 g/mol. The summed E-state index contributed by atoms with van der Waals surface area (Å²) in [6, 6.07) is 21.1. The number of nitrogen functional groups attached to an aromatic ring is 1. The molecule has 1 aliphatic rings. The molecule has 1 fully saturated rings. The Morgan fingerprint density at radius 1 is 0.951 bits per heavy atom. The number of nitrogens with zero attached hydrogens (tertiary/aromatic N) is 1. The first-order valence-electron chi connectivity index (χ1n) is 13.6. The maximum Gasteiger partial charge on any atom is 0.255 e. The first-order chi connectivity index (χ1) is 20.0. The lowest BCUT2D eigenvalue weighted by atomic mass is 10.0. The molecule has 10 heteroatoms. The molecule has 0 aliphatic carbocycles. The third-order valence-corrected chi connectivity index (χ3v) is 7.11. The minimum absolute atomic E-state index is 0.207. The van der Waals surface area contributed by atoms with E-state index in [4.69, 9.17) is 10.5 Å². The maximum absolute atomic E-state index is 13.4. The smallest absolute Gasteiger partial charge is 0.255 e. The number of nitrogens with two attached hydrogens (primary N) is 1. The van der Waals surface area contributed by atoms with Gasteiger partial charge < -0.3 is 31.4 Å². The number of morpholine rings is 1. The van der Waals surface area contributed by atoms with Crippen molar-refractivity contribution in [3.8, 4) is 0 Å². The van der Waals surface area contributed by atoms with Crippen molar-refractivity contribution in [3.63, 3.8) is 0 Å². The number of H-pyrrole nitrogens is 1. The van der Waals surface area contributed by atoms with Gasteiger partial charge in [-0.25, -0.2) is 0 Å². The second kappa shape index (κ2) is 13.1. The second-order valence-electron chi connectivity index (χ2n) is 10.0. The number of aromatic amines is 1. The van der Waals surface area contributed by atoms with E-state index < -0.39 is 6.04 Å². The van der Waals surface area contributed by atoms with Crippen molar-refractivity contribution in [1.82, 2.24) is 20.5 Å². The number of rotatable bonds is 10. The molecule has 3 amide bonds. The number of carbonyl (C=O) groups is 3. The van der Waals surface area contributed by atoms with Crippen molar-refractivity contribution in [2.24, 2.45) is 0 Å². The van der Waals surface area contributed by atoms with Gasteiger partial charge in [0, 0.05) is 48.7 Å². The standard InChI is InChI=1S/C31H34N6O4/c32-25-6-2-4-8-27(25)36-30(39)22-11-9-21(10-12-22)18-34-31(40)28(35-29(38)20-37-13-15-41-16-14-37)17-23-19-33-26-7-3-1-5-24(23)26/h1-12,19,28,33H,13-18,20,32H2,(H,34,40)(H,35,38)(H,36,39)/t28-/m0/s1. The number of benzene rings is 3. The fourth-order valence-corrected chi connectivity index (χ4v) is 4.82. The molecule has 0 unspecified atom stereocenters. The van der Waals surface area contributed by atoms with E-state index in [2.05, 4.69) is 20.9 Å². The molecule has 3 aromatic carbocycles. The normalized spacial score (nSPS) is 14.3. The van der Waals surface area contributed by atoms with Gasteiger partial charge in [0.1, 0.15) is 6.04 Å². The minimum Gasteiger partial charge on any atom is -0.397 e. The average Bonchev–Trinajstić information content (AvgIpc) is 3.40. The van der Waals surface area contributed by atoms with Gasteiger partial charge in [0.05, 0.1) is 31.1 Å². The molecule has 0 bridgehead atoms. The molecule has 5 rings (SSSR count). The third kappa shape index (κ3) is 7.30. The highest BCUT2D eigenvalue weighted by atomic mass is 16.5. The van der Waals surface area contributed by atoms with Crippen molar-refractivity contribution in [2.45, 2.75) is 19.0 Å². The topological polar surface area (TPSA) is 142 Å². The number of para-hydroxylation sites is 3. The lowest BCUT2D eigenvalue weighted by Gasteiger charge is -2.27. The molecule has 212 valence electrons. The van der Waals surface area contributed by atoms with Crippen molar-refractivity contribution in [3.05, 3.63) is 95.7 Å². The van der Waals surface area contributed by atoms with Gasteiger partial charge in [0.15, 0.2) is 0 Å². The van der Waals surface area contributed by atoms with E-state index in [1.165, 1.54) is 0 Å². The van der Waals surface area contributed by atoms with Gasteiger partial charge in [-0.1, -0.05) is 42.5 Å². The lowest BCUT2D eigenvalue weighted by molar-refractivity contribution is -0.130. The molecular formula is C31H34N6O4. The van der Waals surface area contributed by atoms with Gasteiger partial charge in [-0.3, -0.25) is 19.3 Å².